The number of aromatic nitrogens is 4. The first-order chi connectivity index (χ1) is 11.3. The SMILES string of the molecule is CN=C(NCCc1ncc(C)s1)NCc1nnc2ccccn12.I. The molecule has 9 heteroatoms. The molecular weight excluding hydrogens is 437 g/mol. The van der Waals surface area contributed by atoms with Crippen molar-refractivity contribution >= 4 is 46.9 Å². The van der Waals surface area contributed by atoms with Crippen LogP contribution in [0, 0.1) is 6.92 Å². The summed E-state index contributed by atoms with van der Waals surface area (Å²) < 4.78 is 1.96. The van der Waals surface area contributed by atoms with Gasteiger partial charge in [0.25, 0.3) is 0 Å². The van der Waals surface area contributed by atoms with E-state index in [0.717, 1.165) is 35.4 Å². The maximum atomic E-state index is 4.36. The van der Waals surface area contributed by atoms with Gasteiger partial charge in [-0.3, -0.25) is 9.39 Å². The lowest BCUT2D eigenvalue weighted by Crippen LogP contribution is -2.38. The Balaban J connectivity index is 0.00000208. The summed E-state index contributed by atoms with van der Waals surface area (Å²) >= 11 is 1.73. The summed E-state index contributed by atoms with van der Waals surface area (Å²) in [6, 6.07) is 5.84. The van der Waals surface area contributed by atoms with Gasteiger partial charge < -0.3 is 10.6 Å². The number of nitrogens with zero attached hydrogens (tertiary/aromatic N) is 5. The average molecular weight is 457 g/mol. The molecule has 3 heterocycles. The number of pyridine rings is 1. The van der Waals surface area contributed by atoms with Crippen molar-refractivity contribution in [2.75, 3.05) is 13.6 Å². The highest BCUT2D eigenvalue weighted by Crippen LogP contribution is 2.10. The largest absolute Gasteiger partial charge is 0.356 e. The van der Waals surface area contributed by atoms with E-state index in [-0.39, 0.29) is 24.0 Å². The van der Waals surface area contributed by atoms with Gasteiger partial charge in [-0.1, -0.05) is 6.07 Å². The summed E-state index contributed by atoms with van der Waals surface area (Å²) in [5, 5.41) is 16.0. The molecule has 0 radical (unpaired) electrons. The smallest absolute Gasteiger partial charge is 0.191 e. The number of guanidine groups is 1. The van der Waals surface area contributed by atoms with Crippen LogP contribution in [0.2, 0.25) is 0 Å². The molecule has 3 rings (SSSR count). The minimum atomic E-state index is 0. The van der Waals surface area contributed by atoms with E-state index in [4.69, 9.17) is 0 Å². The van der Waals surface area contributed by atoms with Gasteiger partial charge in [-0.2, -0.15) is 0 Å². The second-order valence-corrected chi connectivity index (χ2v) is 6.33. The van der Waals surface area contributed by atoms with E-state index in [1.807, 2.05) is 35.0 Å². The Morgan fingerprint density at radius 2 is 2.17 bits per heavy atom. The molecule has 0 saturated carbocycles. The Hall–Kier alpha value is -1.75. The minimum Gasteiger partial charge on any atom is -0.356 e. The highest BCUT2D eigenvalue weighted by atomic mass is 127. The van der Waals surface area contributed by atoms with Gasteiger partial charge in [0.05, 0.1) is 11.6 Å². The van der Waals surface area contributed by atoms with Crippen molar-refractivity contribution in [3.05, 3.63) is 46.3 Å². The lowest BCUT2D eigenvalue weighted by molar-refractivity contribution is 0.756. The monoisotopic (exact) mass is 457 g/mol. The molecule has 3 aromatic heterocycles. The zero-order chi connectivity index (χ0) is 16.1. The summed E-state index contributed by atoms with van der Waals surface area (Å²) in [7, 11) is 1.75. The van der Waals surface area contributed by atoms with E-state index >= 15 is 0 Å². The maximum absolute atomic E-state index is 4.36. The third-order valence-electron chi connectivity index (χ3n) is 3.32. The van der Waals surface area contributed by atoms with Crippen LogP contribution in [0.1, 0.15) is 15.7 Å². The molecule has 0 aliphatic heterocycles. The molecule has 24 heavy (non-hydrogen) atoms. The van der Waals surface area contributed by atoms with Crippen LogP contribution >= 0.6 is 35.3 Å². The molecule has 0 aliphatic rings. The lowest BCUT2D eigenvalue weighted by atomic mass is 10.4. The van der Waals surface area contributed by atoms with Crippen molar-refractivity contribution in [1.82, 2.24) is 30.2 Å². The molecule has 128 valence electrons. The van der Waals surface area contributed by atoms with Gasteiger partial charge in [0, 0.05) is 37.3 Å². The second-order valence-electron chi connectivity index (χ2n) is 5.01. The molecule has 0 atom stereocenters. The van der Waals surface area contributed by atoms with Gasteiger partial charge in [-0.15, -0.1) is 45.5 Å². The Labute approximate surface area is 161 Å². The van der Waals surface area contributed by atoms with Crippen molar-refractivity contribution in [3.8, 4) is 0 Å². The standard InChI is InChI=1S/C15H19N7S.HI/c1-11-9-18-14(23-11)6-7-17-15(16-2)19-10-13-21-20-12-5-3-4-8-22(12)13;/h3-5,8-9H,6-7,10H2,1-2H3,(H2,16,17,19);1H. The van der Waals surface area contributed by atoms with Crippen molar-refractivity contribution in [2.24, 2.45) is 4.99 Å². The van der Waals surface area contributed by atoms with E-state index in [0.29, 0.717) is 6.54 Å². The fourth-order valence-corrected chi connectivity index (χ4v) is 2.99. The Morgan fingerprint density at radius 1 is 1.29 bits per heavy atom. The molecule has 2 N–H and O–H groups in total. The summed E-state index contributed by atoms with van der Waals surface area (Å²) in [6.45, 7) is 3.41. The zero-order valence-electron chi connectivity index (χ0n) is 13.6. The average Bonchev–Trinajstić information content (AvgIpc) is 3.17. The van der Waals surface area contributed by atoms with Crippen LogP contribution in [-0.4, -0.2) is 39.1 Å². The minimum absolute atomic E-state index is 0. The second kappa shape index (κ2) is 8.92. The Morgan fingerprint density at radius 3 is 2.92 bits per heavy atom. The molecule has 0 aliphatic carbocycles. The van der Waals surface area contributed by atoms with Crippen LogP contribution in [0.25, 0.3) is 5.65 Å². The highest BCUT2D eigenvalue weighted by molar-refractivity contribution is 14.0. The molecule has 0 aromatic carbocycles. The fourth-order valence-electron chi connectivity index (χ4n) is 2.20. The van der Waals surface area contributed by atoms with E-state index < -0.39 is 0 Å². The van der Waals surface area contributed by atoms with E-state index in [1.165, 1.54) is 4.88 Å². The summed E-state index contributed by atoms with van der Waals surface area (Å²) in [5.74, 6) is 1.59. The number of halogens is 1. The molecule has 0 saturated heterocycles. The Kier molecular flexibility index (Phi) is 6.91. The van der Waals surface area contributed by atoms with Crippen molar-refractivity contribution in [2.45, 2.75) is 19.9 Å². The maximum Gasteiger partial charge on any atom is 0.191 e. The molecule has 0 bridgehead atoms. The number of hydrogen-bond acceptors (Lipinski definition) is 5. The number of hydrogen-bond donors (Lipinski definition) is 2. The first kappa shape index (κ1) is 18.6. The number of rotatable bonds is 5. The first-order valence-electron chi connectivity index (χ1n) is 7.41. The molecule has 3 aromatic rings. The van der Waals surface area contributed by atoms with Gasteiger partial charge in [-0.25, -0.2) is 4.98 Å². The van der Waals surface area contributed by atoms with E-state index in [2.05, 4.69) is 37.7 Å². The summed E-state index contributed by atoms with van der Waals surface area (Å²) in [5.41, 5.74) is 0.839. The van der Waals surface area contributed by atoms with Gasteiger partial charge in [0.1, 0.15) is 0 Å². The highest BCUT2D eigenvalue weighted by Gasteiger charge is 2.06. The van der Waals surface area contributed by atoms with Gasteiger partial charge in [0.2, 0.25) is 0 Å². The predicted molar refractivity (Wildman–Crippen MR) is 107 cm³/mol. The van der Waals surface area contributed by atoms with Crippen LogP contribution in [-0.2, 0) is 13.0 Å². The molecule has 0 fully saturated rings. The number of aryl methyl sites for hydroxylation is 1. The third-order valence-corrected chi connectivity index (χ3v) is 4.29. The summed E-state index contributed by atoms with van der Waals surface area (Å²) in [4.78, 5) is 9.82. The van der Waals surface area contributed by atoms with Crippen LogP contribution in [0.4, 0.5) is 0 Å². The quantitative estimate of drug-likeness (QED) is 0.348. The predicted octanol–water partition coefficient (Wildman–Crippen LogP) is 2.02. The van der Waals surface area contributed by atoms with Crippen LogP contribution < -0.4 is 10.6 Å². The van der Waals surface area contributed by atoms with E-state index in [1.54, 1.807) is 18.4 Å². The van der Waals surface area contributed by atoms with Crippen LogP contribution in [0.15, 0.2) is 35.6 Å². The lowest BCUT2D eigenvalue weighted by Gasteiger charge is -2.10. The fraction of sp³-hybridized carbons (Fsp3) is 0.333. The molecule has 0 unspecified atom stereocenters. The van der Waals surface area contributed by atoms with Crippen molar-refractivity contribution < 1.29 is 0 Å². The molecule has 0 amide bonds. The molecular formula is C15H20IN7S. The third kappa shape index (κ3) is 4.63. The van der Waals surface area contributed by atoms with Crippen molar-refractivity contribution in [1.29, 1.82) is 0 Å². The zero-order valence-corrected chi connectivity index (χ0v) is 16.7. The van der Waals surface area contributed by atoms with Gasteiger partial charge in [0.15, 0.2) is 17.4 Å². The Bertz CT molecular complexity index is 811. The van der Waals surface area contributed by atoms with Crippen LogP contribution in [0.5, 0.6) is 0 Å². The van der Waals surface area contributed by atoms with Gasteiger partial charge in [-0.05, 0) is 19.1 Å². The summed E-state index contributed by atoms with van der Waals surface area (Å²) in [6.07, 6.45) is 4.74. The van der Waals surface area contributed by atoms with Gasteiger partial charge >= 0.3 is 0 Å². The van der Waals surface area contributed by atoms with Crippen molar-refractivity contribution in [3.63, 3.8) is 0 Å². The number of aliphatic imine (C=N–C) groups is 1. The number of fused-ring (bicyclic) bond motifs is 1. The van der Waals surface area contributed by atoms with E-state index in [9.17, 15) is 0 Å². The molecule has 7 nitrogen and oxygen atoms in total. The molecule has 0 spiro atoms. The van der Waals surface area contributed by atoms with Crippen LogP contribution in [0.3, 0.4) is 0 Å². The topological polar surface area (TPSA) is 79.5 Å². The number of thiazole rings is 1. The normalized spacial score (nSPS) is 11.3. The number of nitrogens with one attached hydrogen (secondary N) is 2. The first-order valence-corrected chi connectivity index (χ1v) is 8.22.